The zero-order chi connectivity index (χ0) is 12.5. The van der Waals surface area contributed by atoms with Gasteiger partial charge in [0, 0.05) is 23.9 Å². The summed E-state index contributed by atoms with van der Waals surface area (Å²) in [5.41, 5.74) is 2.68. The Morgan fingerprint density at radius 1 is 1.33 bits per heavy atom. The van der Waals surface area contributed by atoms with Crippen molar-refractivity contribution in [2.24, 2.45) is 5.92 Å². The molecule has 1 saturated carbocycles. The molecule has 98 valence electrons. The maximum atomic E-state index is 4.72. The molecule has 1 N–H and O–H groups in total. The number of aryl methyl sites for hydroxylation is 1. The molecule has 1 unspecified atom stereocenters. The zero-order valence-corrected chi connectivity index (χ0v) is 11.4. The first-order valence-corrected chi connectivity index (χ1v) is 7.30. The van der Waals surface area contributed by atoms with E-state index in [-0.39, 0.29) is 0 Å². The second-order valence-electron chi connectivity index (χ2n) is 6.15. The molecule has 0 aromatic carbocycles. The fourth-order valence-electron chi connectivity index (χ4n) is 2.67. The minimum atomic E-state index is 0.435. The highest BCUT2D eigenvalue weighted by Gasteiger charge is 2.25. The fourth-order valence-corrected chi connectivity index (χ4v) is 2.67. The van der Waals surface area contributed by atoms with Crippen molar-refractivity contribution in [3.8, 4) is 0 Å². The summed E-state index contributed by atoms with van der Waals surface area (Å²) >= 11 is 0. The average Bonchev–Trinajstić information content (AvgIpc) is 3.19. The highest BCUT2D eigenvalue weighted by atomic mass is 14.9. The van der Waals surface area contributed by atoms with Crippen molar-refractivity contribution in [2.45, 2.75) is 57.9 Å². The smallest absolute Gasteiger partial charge is 0.131 e. The molecule has 1 atom stereocenters. The third-order valence-corrected chi connectivity index (χ3v) is 4.06. The third-order valence-electron chi connectivity index (χ3n) is 4.06. The van der Waals surface area contributed by atoms with Gasteiger partial charge in [0.1, 0.15) is 5.82 Å². The summed E-state index contributed by atoms with van der Waals surface area (Å²) in [5, 5.41) is 3.65. The van der Waals surface area contributed by atoms with Crippen LogP contribution < -0.4 is 5.32 Å². The Hall–Kier alpha value is -0.960. The summed E-state index contributed by atoms with van der Waals surface area (Å²) in [6.45, 7) is 5.50. The molecule has 1 heterocycles. The molecule has 0 spiro atoms. The summed E-state index contributed by atoms with van der Waals surface area (Å²) in [5.74, 6) is 2.22. The summed E-state index contributed by atoms with van der Waals surface area (Å²) in [4.78, 5) is 9.23. The van der Waals surface area contributed by atoms with Gasteiger partial charge >= 0.3 is 0 Å². The highest BCUT2D eigenvalue weighted by Crippen LogP contribution is 2.26. The van der Waals surface area contributed by atoms with Gasteiger partial charge in [-0.25, -0.2) is 9.97 Å². The third kappa shape index (κ3) is 2.72. The van der Waals surface area contributed by atoms with Gasteiger partial charge in [-0.2, -0.15) is 0 Å². The first-order chi connectivity index (χ1) is 8.72. The van der Waals surface area contributed by atoms with E-state index in [1.54, 1.807) is 0 Å². The number of nitrogens with one attached hydrogen (secondary N) is 1. The van der Waals surface area contributed by atoms with Gasteiger partial charge in [0.15, 0.2) is 0 Å². The molecule has 0 bridgehead atoms. The van der Waals surface area contributed by atoms with Gasteiger partial charge < -0.3 is 5.32 Å². The molecule has 0 aliphatic heterocycles. The quantitative estimate of drug-likeness (QED) is 0.885. The Kier molecular flexibility index (Phi) is 3.33. The van der Waals surface area contributed by atoms with E-state index in [0.29, 0.717) is 5.92 Å². The standard InChI is InChI=1S/C15H23N3/c1-10(2)15-17-9-12-7-11(3-6-14(12)18-15)8-16-13-4-5-13/h9-11,13,16H,3-8H2,1-2H3. The average molecular weight is 245 g/mol. The molecule has 18 heavy (non-hydrogen) atoms. The van der Waals surface area contributed by atoms with Gasteiger partial charge in [-0.1, -0.05) is 13.8 Å². The number of rotatable bonds is 4. The number of hydrogen-bond acceptors (Lipinski definition) is 3. The van der Waals surface area contributed by atoms with Gasteiger partial charge in [0.25, 0.3) is 0 Å². The first kappa shape index (κ1) is 12.1. The Bertz CT molecular complexity index is 424. The molecule has 0 amide bonds. The van der Waals surface area contributed by atoms with Crippen molar-refractivity contribution in [2.75, 3.05) is 6.54 Å². The van der Waals surface area contributed by atoms with Crippen LogP contribution in [0.3, 0.4) is 0 Å². The molecule has 0 radical (unpaired) electrons. The van der Waals surface area contributed by atoms with E-state index >= 15 is 0 Å². The van der Waals surface area contributed by atoms with Crippen molar-refractivity contribution in [1.82, 2.24) is 15.3 Å². The van der Waals surface area contributed by atoms with Gasteiger partial charge in [0.05, 0.1) is 0 Å². The van der Waals surface area contributed by atoms with Gasteiger partial charge in [-0.15, -0.1) is 0 Å². The molecule has 2 aliphatic rings. The lowest BCUT2D eigenvalue weighted by Gasteiger charge is -2.24. The molecule has 3 heteroatoms. The van der Waals surface area contributed by atoms with Crippen LogP contribution in [0.15, 0.2) is 6.20 Å². The van der Waals surface area contributed by atoms with E-state index in [1.165, 1.54) is 37.1 Å². The number of hydrogen-bond donors (Lipinski definition) is 1. The topological polar surface area (TPSA) is 37.8 Å². The highest BCUT2D eigenvalue weighted by molar-refractivity contribution is 5.22. The van der Waals surface area contributed by atoms with Crippen molar-refractivity contribution < 1.29 is 0 Å². The van der Waals surface area contributed by atoms with Crippen molar-refractivity contribution in [3.63, 3.8) is 0 Å². The van der Waals surface area contributed by atoms with Gasteiger partial charge in [-0.3, -0.25) is 0 Å². The van der Waals surface area contributed by atoms with Crippen molar-refractivity contribution in [3.05, 3.63) is 23.3 Å². The summed E-state index contributed by atoms with van der Waals surface area (Å²) in [7, 11) is 0. The Labute approximate surface area is 109 Å². The van der Waals surface area contributed by atoms with Crippen LogP contribution in [-0.4, -0.2) is 22.6 Å². The zero-order valence-electron chi connectivity index (χ0n) is 11.4. The van der Waals surface area contributed by atoms with Gasteiger partial charge in [-0.05, 0) is 50.1 Å². The normalized spacial score (nSPS) is 23.2. The van der Waals surface area contributed by atoms with Crippen LogP contribution in [0.5, 0.6) is 0 Å². The van der Waals surface area contributed by atoms with E-state index in [0.717, 1.165) is 30.6 Å². The maximum absolute atomic E-state index is 4.72. The second-order valence-corrected chi connectivity index (χ2v) is 6.15. The van der Waals surface area contributed by atoms with Crippen LogP contribution in [0.4, 0.5) is 0 Å². The van der Waals surface area contributed by atoms with Crippen LogP contribution in [0, 0.1) is 5.92 Å². The Morgan fingerprint density at radius 3 is 2.89 bits per heavy atom. The molecule has 1 aromatic heterocycles. The predicted molar refractivity (Wildman–Crippen MR) is 72.7 cm³/mol. The molecule has 1 aromatic rings. The first-order valence-electron chi connectivity index (χ1n) is 7.30. The lowest BCUT2D eigenvalue weighted by Crippen LogP contribution is -2.29. The van der Waals surface area contributed by atoms with E-state index in [1.807, 2.05) is 0 Å². The molecule has 3 nitrogen and oxygen atoms in total. The number of aromatic nitrogens is 2. The molecule has 2 aliphatic carbocycles. The molecule has 3 rings (SSSR count). The lowest BCUT2D eigenvalue weighted by molar-refractivity contribution is 0.417. The fraction of sp³-hybridized carbons (Fsp3) is 0.733. The SMILES string of the molecule is CC(C)c1ncc2c(n1)CCC(CNC1CC1)C2. The largest absolute Gasteiger partial charge is 0.314 e. The lowest BCUT2D eigenvalue weighted by atomic mass is 9.87. The summed E-state index contributed by atoms with van der Waals surface area (Å²) in [6.07, 6.45) is 8.40. The molecule has 1 fully saturated rings. The van der Waals surface area contributed by atoms with Crippen LogP contribution in [-0.2, 0) is 12.8 Å². The van der Waals surface area contributed by atoms with Crippen LogP contribution in [0.25, 0.3) is 0 Å². The van der Waals surface area contributed by atoms with Crippen LogP contribution in [0.1, 0.15) is 56.1 Å². The van der Waals surface area contributed by atoms with E-state index in [2.05, 4.69) is 30.3 Å². The molecular weight excluding hydrogens is 222 g/mol. The van der Waals surface area contributed by atoms with E-state index in [9.17, 15) is 0 Å². The Morgan fingerprint density at radius 2 is 2.17 bits per heavy atom. The van der Waals surface area contributed by atoms with Crippen molar-refractivity contribution >= 4 is 0 Å². The maximum Gasteiger partial charge on any atom is 0.131 e. The Balaban J connectivity index is 1.64. The van der Waals surface area contributed by atoms with Crippen molar-refractivity contribution in [1.29, 1.82) is 0 Å². The minimum Gasteiger partial charge on any atom is -0.314 e. The van der Waals surface area contributed by atoms with E-state index in [4.69, 9.17) is 4.98 Å². The summed E-state index contributed by atoms with van der Waals surface area (Å²) in [6, 6.07) is 0.825. The van der Waals surface area contributed by atoms with E-state index < -0.39 is 0 Å². The number of fused-ring (bicyclic) bond motifs is 1. The second kappa shape index (κ2) is 4.96. The minimum absolute atomic E-state index is 0.435. The van der Waals surface area contributed by atoms with Gasteiger partial charge in [0.2, 0.25) is 0 Å². The molecule has 0 saturated heterocycles. The summed E-state index contributed by atoms with van der Waals surface area (Å²) < 4.78 is 0. The molecular formula is C15H23N3. The monoisotopic (exact) mass is 245 g/mol. The van der Waals surface area contributed by atoms with Crippen LogP contribution in [0.2, 0.25) is 0 Å². The number of nitrogens with zero attached hydrogens (tertiary/aromatic N) is 2. The van der Waals surface area contributed by atoms with Crippen LogP contribution >= 0.6 is 0 Å². The predicted octanol–water partition coefficient (Wildman–Crippen LogP) is 2.46.